The van der Waals surface area contributed by atoms with Gasteiger partial charge in [-0.15, -0.1) is 0 Å². The Balaban J connectivity index is 1.57. The average molecular weight is 412 g/mol. The van der Waals surface area contributed by atoms with Crippen molar-refractivity contribution in [3.05, 3.63) is 41.8 Å². The van der Waals surface area contributed by atoms with E-state index in [2.05, 4.69) is 15.3 Å². The summed E-state index contributed by atoms with van der Waals surface area (Å²) >= 11 is 0. The number of halogens is 4. The molecule has 4 rings (SSSR count). The van der Waals surface area contributed by atoms with Crippen molar-refractivity contribution in [1.82, 2.24) is 15.3 Å². The number of β-amino-alcohol motifs (C(OH)–C–C–N with tert-alkyl or cyclic N) is 1. The molecule has 1 saturated heterocycles. The van der Waals surface area contributed by atoms with Gasteiger partial charge < -0.3 is 20.1 Å². The Morgan fingerprint density at radius 2 is 2.03 bits per heavy atom. The molecule has 2 fully saturated rings. The minimum atomic E-state index is -4.71. The highest BCUT2D eigenvalue weighted by atomic mass is 19.4. The predicted octanol–water partition coefficient (Wildman–Crippen LogP) is 3.12. The molecule has 1 aromatic heterocycles. The second-order valence-corrected chi connectivity index (χ2v) is 7.50. The van der Waals surface area contributed by atoms with E-state index in [0.29, 0.717) is 31.6 Å². The molecule has 6 nitrogen and oxygen atoms in total. The Morgan fingerprint density at radius 1 is 1.24 bits per heavy atom. The first-order valence-electron chi connectivity index (χ1n) is 9.31. The van der Waals surface area contributed by atoms with E-state index in [4.69, 9.17) is 4.74 Å². The average Bonchev–Trinajstić information content (AvgIpc) is 3.40. The largest absolute Gasteiger partial charge is 0.439 e. The van der Waals surface area contributed by atoms with Crippen molar-refractivity contribution in [2.24, 2.45) is 0 Å². The Bertz CT molecular complexity index is 891. The predicted molar refractivity (Wildman–Crippen MR) is 96.3 cm³/mol. The molecule has 1 unspecified atom stereocenters. The van der Waals surface area contributed by atoms with E-state index < -0.39 is 23.3 Å². The van der Waals surface area contributed by atoms with Gasteiger partial charge in [-0.3, -0.25) is 0 Å². The molecule has 1 aliphatic heterocycles. The molecule has 0 bridgehead atoms. The lowest BCUT2D eigenvalue weighted by Gasteiger charge is -2.24. The fourth-order valence-corrected chi connectivity index (χ4v) is 3.20. The molecule has 1 saturated carbocycles. The van der Waals surface area contributed by atoms with Crippen molar-refractivity contribution in [2.75, 3.05) is 24.5 Å². The van der Waals surface area contributed by atoms with E-state index >= 15 is 0 Å². The highest BCUT2D eigenvalue weighted by Gasteiger charge is 2.40. The standard InChI is InChI=1S/C19H20F4N4O2/c20-12-2-1-3-14(8-12)29-16-9-15(19(21,22)23)25-17(26-16)27-7-6-18(28,11-27)10-24-13-4-5-13/h1-3,8-9,13,24,28H,4-7,10-11H2. The van der Waals surface area contributed by atoms with Crippen LogP contribution in [-0.2, 0) is 6.18 Å². The van der Waals surface area contributed by atoms with Crippen molar-refractivity contribution in [1.29, 1.82) is 0 Å². The molecule has 0 spiro atoms. The summed E-state index contributed by atoms with van der Waals surface area (Å²) in [6, 6.07) is 6.11. The van der Waals surface area contributed by atoms with Gasteiger partial charge in [-0.25, -0.2) is 9.37 Å². The molecular formula is C19H20F4N4O2. The third-order valence-corrected chi connectivity index (χ3v) is 4.91. The van der Waals surface area contributed by atoms with Gasteiger partial charge in [0.25, 0.3) is 0 Å². The van der Waals surface area contributed by atoms with Crippen LogP contribution in [0.3, 0.4) is 0 Å². The van der Waals surface area contributed by atoms with Crippen LogP contribution < -0.4 is 15.0 Å². The number of aromatic nitrogens is 2. The number of ether oxygens (including phenoxy) is 1. The third-order valence-electron chi connectivity index (χ3n) is 4.91. The van der Waals surface area contributed by atoms with Crippen molar-refractivity contribution in [2.45, 2.75) is 37.1 Å². The molecule has 0 amide bonds. The molecule has 1 aliphatic carbocycles. The van der Waals surface area contributed by atoms with Crippen LogP contribution in [0.4, 0.5) is 23.5 Å². The van der Waals surface area contributed by atoms with Gasteiger partial charge in [0.05, 0.1) is 12.1 Å². The molecule has 10 heteroatoms. The summed E-state index contributed by atoms with van der Waals surface area (Å²) in [5, 5.41) is 13.9. The maximum absolute atomic E-state index is 13.3. The van der Waals surface area contributed by atoms with Gasteiger partial charge in [0.2, 0.25) is 11.8 Å². The highest BCUT2D eigenvalue weighted by molar-refractivity contribution is 5.39. The summed E-state index contributed by atoms with van der Waals surface area (Å²) in [6.07, 6.45) is -2.19. The summed E-state index contributed by atoms with van der Waals surface area (Å²) in [4.78, 5) is 9.19. The minimum Gasteiger partial charge on any atom is -0.439 e. The van der Waals surface area contributed by atoms with Gasteiger partial charge in [-0.1, -0.05) is 6.07 Å². The lowest BCUT2D eigenvalue weighted by atomic mass is 10.0. The zero-order valence-electron chi connectivity index (χ0n) is 15.4. The Kier molecular flexibility index (Phi) is 5.07. The molecule has 2 N–H and O–H groups in total. The number of hydrogen-bond donors (Lipinski definition) is 2. The number of aliphatic hydroxyl groups is 1. The normalized spacial score (nSPS) is 22.2. The van der Waals surface area contributed by atoms with Crippen LogP contribution in [0.2, 0.25) is 0 Å². The van der Waals surface area contributed by atoms with E-state index in [0.717, 1.165) is 18.9 Å². The van der Waals surface area contributed by atoms with Crippen molar-refractivity contribution < 1.29 is 27.4 Å². The number of alkyl halides is 3. The summed E-state index contributed by atoms with van der Waals surface area (Å²) in [5.41, 5.74) is -2.23. The van der Waals surface area contributed by atoms with Crippen molar-refractivity contribution >= 4 is 5.95 Å². The second kappa shape index (κ2) is 7.42. The van der Waals surface area contributed by atoms with Crippen LogP contribution in [0.5, 0.6) is 11.6 Å². The fourth-order valence-electron chi connectivity index (χ4n) is 3.20. The van der Waals surface area contributed by atoms with Crippen molar-refractivity contribution in [3.63, 3.8) is 0 Å². The quantitative estimate of drug-likeness (QED) is 0.711. The zero-order chi connectivity index (χ0) is 20.6. The Labute approximate surface area is 164 Å². The number of nitrogens with one attached hydrogen (secondary N) is 1. The number of rotatable bonds is 6. The maximum Gasteiger partial charge on any atom is 0.433 e. The maximum atomic E-state index is 13.3. The van der Waals surface area contributed by atoms with Crippen LogP contribution in [-0.4, -0.2) is 46.4 Å². The summed E-state index contributed by atoms with van der Waals surface area (Å²) in [6.45, 7) is 0.775. The topological polar surface area (TPSA) is 70.5 Å². The molecular weight excluding hydrogens is 392 g/mol. The lowest BCUT2D eigenvalue weighted by molar-refractivity contribution is -0.141. The summed E-state index contributed by atoms with van der Waals surface area (Å²) < 4.78 is 58.7. The summed E-state index contributed by atoms with van der Waals surface area (Å²) in [7, 11) is 0. The summed E-state index contributed by atoms with van der Waals surface area (Å²) in [5.74, 6) is -1.09. The monoisotopic (exact) mass is 412 g/mol. The molecule has 2 aliphatic rings. The Morgan fingerprint density at radius 3 is 2.72 bits per heavy atom. The van der Waals surface area contributed by atoms with E-state index in [1.54, 1.807) is 0 Å². The van der Waals surface area contributed by atoms with Gasteiger partial charge in [-0.05, 0) is 31.4 Å². The molecule has 0 radical (unpaired) electrons. The van der Waals surface area contributed by atoms with Crippen LogP contribution in [0.1, 0.15) is 25.0 Å². The number of anilines is 1. The lowest BCUT2D eigenvalue weighted by Crippen LogP contribution is -2.44. The van der Waals surface area contributed by atoms with Crippen LogP contribution >= 0.6 is 0 Å². The molecule has 156 valence electrons. The zero-order valence-corrected chi connectivity index (χ0v) is 15.4. The van der Waals surface area contributed by atoms with E-state index in [1.165, 1.54) is 23.1 Å². The first kappa shape index (κ1) is 19.8. The Hall–Kier alpha value is -2.46. The SMILES string of the molecule is OC1(CNC2CC2)CCN(c2nc(Oc3cccc(F)c3)cc(C(F)(F)F)n2)C1. The smallest absolute Gasteiger partial charge is 0.433 e. The van der Waals surface area contributed by atoms with Crippen LogP contribution in [0.15, 0.2) is 30.3 Å². The molecule has 1 atom stereocenters. The number of benzene rings is 1. The molecule has 2 aromatic rings. The third kappa shape index (κ3) is 4.94. The van der Waals surface area contributed by atoms with Crippen LogP contribution in [0.25, 0.3) is 0 Å². The molecule has 29 heavy (non-hydrogen) atoms. The van der Waals surface area contributed by atoms with Gasteiger partial charge in [0.15, 0.2) is 5.69 Å². The van der Waals surface area contributed by atoms with E-state index in [9.17, 15) is 22.7 Å². The minimum absolute atomic E-state index is 0.0225. The molecule has 1 aromatic carbocycles. The van der Waals surface area contributed by atoms with E-state index in [-0.39, 0.29) is 24.1 Å². The fraction of sp³-hybridized carbons (Fsp3) is 0.474. The van der Waals surface area contributed by atoms with Crippen LogP contribution in [0, 0.1) is 5.82 Å². The number of nitrogens with zero attached hydrogens (tertiary/aromatic N) is 3. The van der Waals surface area contributed by atoms with Gasteiger partial charge in [0.1, 0.15) is 11.6 Å². The molecule has 2 heterocycles. The van der Waals surface area contributed by atoms with Crippen molar-refractivity contribution in [3.8, 4) is 11.6 Å². The number of hydrogen-bond acceptors (Lipinski definition) is 6. The second-order valence-electron chi connectivity index (χ2n) is 7.50. The van der Waals surface area contributed by atoms with Gasteiger partial charge >= 0.3 is 6.18 Å². The van der Waals surface area contributed by atoms with Gasteiger partial charge in [0, 0.05) is 31.3 Å². The van der Waals surface area contributed by atoms with Gasteiger partial charge in [-0.2, -0.15) is 18.2 Å². The highest BCUT2D eigenvalue weighted by Crippen LogP contribution is 2.34. The first-order valence-corrected chi connectivity index (χ1v) is 9.31. The van der Waals surface area contributed by atoms with E-state index in [1.807, 2.05) is 0 Å². The first-order chi connectivity index (χ1) is 13.7.